The highest BCUT2D eigenvalue weighted by Crippen LogP contribution is 2.16. The molecule has 0 aliphatic carbocycles. The fourth-order valence-corrected chi connectivity index (χ4v) is 1.40. The lowest BCUT2D eigenvalue weighted by Gasteiger charge is -2.06. The van der Waals surface area contributed by atoms with Gasteiger partial charge in [-0.05, 0) is 18.2 Å². The third-order valence-corrected chi connectivity index (χ3v) is 2.37. The van der Waals surface area contributed by atoms with E-state index < -0.39 is 5.91 Å². The minimum atomic E-state index is -0.616. The number of aromatic nitrogens is 2. The Hall–Kier alpha value is -2.63. The summed E-state index contributed by atoms with van der Waals surface area (Å²) in [6.45, 7) is 0.414. The number of rotatable bonds is 4. The van der Waals surface area contributed by atoms with Crippen molar-refractivity contribution in [2.24, 2.45) is 5.73 Å². The average Bonchev–Trinajstić information content (AvgIpc) is 2.38. The van der Waals surface area contributed by atoms with E-state index in [0.717, 1.165) is 5.56 Å². The van der Waals surface area contributed by atoms with Crippen molar-refractivity contribution in [3.05, 3.63) is 47.7 Å². The molecule has 0 saturated heterocycles. The molecule has 0 aliphatic heterocycles. The Morgan fingerprint density at radius 3 is 2.61 bits per heavy atom. The van der Waals surface area contributed by atoms with Crippen LogP contribution in [0, 0.1) is 0 Å². The van der Waals surface area contributed by atoms with Crippen LogP contribution >= 0.6 is 0 Å². The number of phenols is 1. The van der Waals surface area contributed by atoms with Crippen LogP contribution in [0.3, 0.4) is 0 Å². The highest BCUT2D eigenvalue weighted by atomic mass is 16.3. The molecule has 92 valence electrons. The first kappa shape index (κ1) is 11.8. The number of carbonyl (C=O) groups excluding carboxylic acids is 1. The van der Waals surface area contributed by atoms with Crippen LogP contribution in [-0.4, -0.2) is 21.2 Å². The zero-order valence-corrected chi connectivity index (χ0v) is 9.50. The van der Waals surface area contributed by atoms with Gasteiger partial charge in [0.25, 0.3) is 5.91 Å². The van der Waals surface area contributed by atoms with Crippen LogP contribution in [0.15, 0.2) is 36.4 Å². The molecule has 1 aromatic heterocycles. The summed E-state index contributed by atoms with van der Waals surface area (Å²) >= 11 is 0. The Bertz CT molecular complexity index is 554. The molecular formula is C12H12N4O2. The van der Waals surface area contributed by atoms with Gasteiger partial charge in [0, 0.05) is 12.1 Å². The summed E-state index contributed by atoms with van der Waals surface area (Å²) in [7, 11) is 0. The summed E-state index contributed by atoms with van der Waals surface area (Å²) in [5, 5.41) is 20.0. The Labute approximate surface area is 103 Å². The molecular weight excluding hydrogens is 232 g/mol. The van der Waals surface area contributed by atoms with Crippen molar-refractivity contribution in [1.29, 1.82) is 0 Å². The summed E-state index contributed by atoms with van der Waals surface area (Å²) in [6, 6.07) is 10.1. The Kier molecular flexibility index (Phi) is 3.38. The van der Waals surface area contributed by atoms with Crippen molar-refractivity contribution in [3.8, 4) is 5.75 Å². The van der Waals surface area contributed by atoms with Crippen molar-refractivity contribution in [2.75, 3.05) is 5.32 Å². The number of benzene rings is 1. The second-order valence-corrected chi connectivity index (χ2v) is 3.65. The molecule has 2 rings (SSSR count). The summed E-state index contributed by atoms with van der Waals surface area (Å²) in [5.41, 5.74) is 5.92. The van der Waals surface area contributed by atoms with E-state index in [0.29, 0.717) is 12.4 Å². The van der Waals surface area contributed by atoms with E-state index in [1.165, 1.54) is 6.07 Å². The maximum absolute atomic E-state index is 10.8. The largest absolute Gasteiger partial charge is 0.508 e. The standard InChI is InChI=1S/C12H12N4O2/c13-12(18)9-5-6-11(16-15-9)14-7-8-3-1-2-4-10(8)17/h1-6,17H,7H2,(H2,13,18)(H,14,16). The number of primary amides is 1. The maximum atomic E-state index is 10.8. The van der Waals surface area contributed by atoms with Gasteiger partial charge in [0.2, 0.25) is 0 Å². The van der Waals surface area contributed by atoms with Crippen LogP contribution in [0.4, 0.5) is 5.82 Å². The molecule has 0 fully saturated rings. The number of carbonyl (C=O) groups is 1. The van der Waals surface area contributed by atoms with Gasteiger partial charge in [0.05, 0.1) is 0 Å². The SMILES string of the molecule is NC(=O)c1ccc(NCc2ccccc2O)nn1. The van der Waals surface area contributed by atoms with E-state index in [-0.39, 0.29) is 11.4 Å². The van der Waals surface area contributed by atoms with Crippen molar-refractivity contribution in [3.63, 3.8) is 0 Å². The van der Waals surface area contributed by atoms with Crippen molar-refractivity contribution >= 4 is 11.7 Å². The summed E-state index contributed by atoms with van der Waals surface area (Å²) in [5.74, 6) is 0.102. The molecule has 1 amide bonds. The van der Waals surface area contributed by atoms with Crippen LogP contribution in [0.1, 0.15) is 16.1 Å². The monoisotopic (exact) mass is 244 g/mol. The third kappa shape index (κ3) is 2.73. The number of aromatic hydroxyl groups is 1. The highest BCUT2D eigenvalue weighted by Gasteiger charge is 2.04. The summed E-state index contributed by atoms with van der Waals surface area (Å²) < 4.78 is 0. The molecule has 1 aromatic carbocycles. The fourth-order valence-electron chi connectivity index (χ4n) is 1.40. The third-order valence-electron chi connectivity index (χ3n) is 2.37. The van der Waals surface area contributed by atoms with Gasteiger partial charge >= 0.3 is 0 Å². The molecule has 0 bridgehead atoms. The van der Waals surface area contributed by atoms with Crippen LogP contribution in [0.2, 0.25) is 0 Å². The number of para-hydroxylation sites is 1. The minimum Gasteiger partial charge on any atom is -0.508 e. The fraction of sp³-hybridized carbons (Fsp3) is 0.0833. The van der Waals surface area contributed by atoms with Crippen molar-refractivity contribution in [2.45, 2.75) is 6.54 Å². The number of anilines is 1. The predicted octanol–water partition coefficient (Wildman–Crippen LogP) is 0.893. The Morgan fingerprint density at radius 2 is 2.00 bits per heavy atom. The molecule has 6 heteroatoms. The Morgan fingerprint density at radius 1 is 1.22 bits per heavy atom. The molecule has 6 nitrogen and oxygen atoms in total. The number of phenolic OH excluding ortho intramolecular Hbond substituents is 1. The first-order chi connectivity index (χ1) is 8.66. The van der Waals surface area contributed by atoms with Gasteiger partial charge in [-0.25, -0.2) is 0 Å². The first-order valence-corrected chi connectivity index (χ1v) is 5.31. The topological polar surface area (TPSA) is 101 Å². The number of hydrogen-bond donors (Lipinski definition) is 3. The second kappa shape index (κ2) is 5.13. The van der Waals surface area contributed by atoms with Gasteiger partial charge < -0.3 is 16.2 Å². The average molecular weight is 244 g/mol. The van der Waals surface area contributed by atoms with E-state index in [1.54, 1.807) is 24.3 Å². The molecule has 0 aliphatic rings. The van der Waals surface area contributed by atoms with Crippen LogP contribution in [0.5, 0.6) is 5.75 Å². The minimum absolute atomic E-state index is 0.114. The van der Waals surface area contributed by atoms with Gasteiger partial charge in [0.1, 0.15) is 11.6 Å². The molecule has 1 heterocycles. The predicted molar refractivity (Wildman–Crippen MR) is 66.0 cm³/mol. The van der Waals surface area contributed by atoms with Crippen LogP contribution in [-0.2, 0) is 6.54 Å². The molecule has 0 saturated carbocycles. The first-order valence-electron chi connectivity index (χ1n) is 5.31. The summed E-state index contributed by atoms with van der Waals surface area (Å²) in [6.07, 6.45) is 0. The van der Waals surface area contributed by atoms with Crippen molar-refractivity contribution < 1.29 is 9.90 Å². The Balaban J connectivity index is 2.02. The van der Waals surface area contributed by atoms with E-state index in [1.807, 2.05) is 6.07 Å². The smallest absolute Gasteiger partial charge is 0.269 e. The zero-order valence-electron chi connectivity index (χ0n) is 9.50. The quantitative estimate of drug-likeness (QED) is 0.741. The number of hydrogen-bond acceptors (Lipinski definition) is 5. The van der Waals surface area contributed by atoms with Crippen LogP contribution < -0.4 is 11.1 Å². The summed E-state index contributed by atoms with van der Waals surface area (Å²) in [4.78, 5) is 10.8. The zero-order chi connectivity index (χ0) is 13.0. The lowest BCUT2D eigenvalue weighted by Crippen LogP contribution is -2.14. The van der Waals surface area contributed by atoms with E-state index in [9.17, 15) is 9.90 Å². The molecule has 4 N–H and O–H groups in total. The molecule has 18 heavy (non-hydrogen) atoms. The lowest BCUT2D eigenvalue weighted by atomic mass is 10.2. The van der Waals surface area contributed by atoms with E-state index >= 15 is 0 Å². The van der Waals surface area contributed by atoms with Crippen molar-refractivity contribution in [1.82, 2.24) is 10.2 Å². The molecule has 0 unspecified atom stereocenters. The van der Waals surface area contributed by atoms with Gasteiger partial charge in [-0.1, -0.05) is 18.2 Å². The molecule has 0 atom stereocenters. The van der Waals surface area contributed by atoms with E-state index in [4.69, 9.17) is 5.73 Å². The normalized spacial score (nSPS) is 10.0. The van der Waals surface area contributed by atoms with Gasteiger partial charge in [0.15, 0.2) is 5.69 Å². The molecule has 0 spiro atoms. The maximum Gasteiger partial charge on any atom is 0.269 e. The number of nitrogens with one attached hydrogen (secondary N) is 1. The number of amides is 1. The lowest BCUT2D eigenvalue weighted by molar-refractivity contribution is 0.0994. The van der Waals surface area contributed by atoms with Crippen LogP contribution in [0.25, 0.3) is 0 Å². The van der Waals surface area contributed by atoms with Gasteiger partial charge in [-0.3, -0.25) is 4.79 Å². The van der Waals surface area contributed by atoms with Gasteiger partial charge in [-0.15, -0.1) is 10.2 Å². The molecule has 0 radical (unpaired) electrons. The second-order valence-electron chi connectivity index (χ2n) is 3.65. The van der Waals surface area contributed by atoms with Gasteiger partial charge in [-0.2, -0.15) is 0 Å². The van der Waals surface area contributed by atoms with E-state index in [2.05, 4.69) is 15.5 Å². The number of nitrogens with zero attached hydrogens (tertiary/aromatic N) is 2. The molecule has 2 aromatic rings. The number of nitrogens with two attached hydrogens (primary N) is 1. The highest BCUT2D eigenvalue weighted by molar-refractivity contribution is 5.90.